The van der Waals surface area contributed by atoms with E-state index in [1.807, 2.05) is 84.9 Å². The van der Waals surface area contributed by atoms with E-state index in [2.05, 4.69) is 62.2 Å². The second-order valence-corrected chi connectivity index (χ2v) is 9.89. The second kappa shape index (κ2) is 11.2. The van der Waals surface area contributed by atoms with Gasteiger partial charge in [-0.1, -0.05) is 96.6 Å². The molecule has 0 bridgehead atoms. The first-order valence-corrected chi connectivity index (χ1v) is 13.6. The molecule has 0 unspecified atom stereocenters. The third-order valence-electron chi connectivity index (χ3n) is 7.22. The third kappa shape index (κ3) is 4.96. The monoisotopic (exact) mass is 734 g/mol. The molecule has 6 nitrogen and oxygen atoms in total. The van der Waals surface area contributed by atoms with Gasteiger partial charge in [0.2, 0.25) is 0 Å². The van der Waals surface area contributed by atoms with E-state index in [0.29, 0.717) is 17.2 Å². The second-order valence-electron chi connectivity index (χ2n) is 9.89. The minimum Gasteiger partial charge on any atom is -0.501 e. The Morgan fingerprint density at radius 3 is 2.35 bits per heavy atom. The molecule has 0 atom stereocenters. The van der Waals surface area contributed by atoms with Gasteiger partial charge in [-0.15, -0.1) is 17.7 Å². The van der Waals surface area contributed by atoms with Gasteiger partial charge in [0.15, 0.2) is 0 Å². The van der Waals surface area contributed by atoms with E-state index in [9.17, 15) is 0 Å². The predicted octanol–water partition coefficient (Wildman–Crippen LogP) is 8.24. The summed E-state index contributed by atoms with van der Waals surface area (Å²) < 4.78 is 8.49. The summed E-state index contributed by atoms with van der Waals surface area (Å²) in [5.41, 5.74) is 6.98. The zero-order valence-electron chi connectivity index (χ0n) is 22.6. The zero-order chi connectivity index (χ0) is 27.9. The van der Waals surface area contributed by atoms with Crippen molar-refractivity contribution in [3.8, 4) is 39.7 Å². The van der Waals surface area contributed by atoms with Gasteiger partial charge in [0.05, 0.1) is 5.52 Å². The van der Waals surface area contributed by atoms with Crippen molar-refractivity contribution < 1.29 is 25.8 Å². The summed E-state index contributed by atoms with van der Waals surface area (Å²) in [6, 6.07) is 45.0. The fourth-order valence-electron chi connectivity index (χ4n) is 5.28. The molecular weight excluding hydrogens is 714 g/mol. The molecule has 0 amide bonds. The number of aromatic nitrogens is 5. The van der Waals surface area contributed by atoms with Gasteiger partial charge in [-0.25, -0.2) is 10.1 Å². The molecule has 7 heteroatoms. The van der Waals surface area contributed by atoms with Crippen LogP contribution >= 0.6 is 0 Å². The van der Waals surface area contributed by atoms with Crippen molar-refractivity contribution in [3.63, 3.8) is 0 Å². The van der Waals surface area contributed by atoms with Crippen LogP contribution in [0.5, 0.6) is 11.5 Å². The number of rotatable bonds is 5. The van der Waals surface area contributed by atoms with Gasteiger partial charge in [0.1, 0.15) is 5.82 Å². The van der Waals surface area contributed by atoms with Gasteiger partial charge in [-0.3, -0.25) is 0 Å². The SMILES string of the molecule is [Pt+2].[c-]1c(Oc2[c-]c3c(nc2)c2ccccc2n3-c2ccccn2)cc(-c2ccccc2)cc1-c1cc2ccccc2nn1. The van der Waals surface area contributed by atoms with Crippen LogP contribution in [0.15, 0.2) is 128 Å². The molecular formula is C36H21N5OPt. The molecule has 4 heterocycles. The summed E-state index contributed by atoms with van der Waals surface area (Å²) in [4.78, 5) is 9.41. The van der Waals surface area contributed by atoms with Crippen LogP contribution in [0.25, 0.3) is 61.0 Å². The van der Waals surface area contributed by atoms with Crippen molar-refractivity contribution in [2.75, 3.05) is 0 Å². The molecule has 4 aromatic heterocycles. The average Bonchev–Trinajstić information content (AvgIpc) is 3.39. The molecule has 206 valence electrons. The molecule has 4 aromatic carbocycles. The van der Waals surface area contributed by atoms with Gasteiger partial charge in [-0.2, -0.15) is 5.10 Å². The van der Waals surface area contributed by atoms with Crippen LogP contribution in [0.2, 0.25) is 0 Å². The number of hydrogen-bond donors (Lipinski definition) is 0. The Labute approximate surface area is 261 Å². The van der Waals surface area contributed by atoms with E-state index in [0.717, 1.165) is 55.3 Å². The maximum absolute atomic E-state index is 6.43. The molecule has 0 aliphatic carbocycles. The number of pyridine rings is 2. The minimum atomic E-state index is 0. The van der Waals surface area contributed by atoms with Crippen molar-refractivity contribution in [3.05, 3.63) is 140 Å². The smallest absolute Gasteiger partial charge is 0.501 e. The summed E-state index contributed by atoms with van der Waals surface area (Å²) in [7, 11) is 0. The number of ether oxygens (including phenoxy) is 1. The molecule has 0 radical (unpaired) electrons. The summed E-state index contributed by atoms with van der Waals surface area (Å²) in [6.45, 7) is 0. The van der Waals surface area contributed by atoms with Crippen LogP contribution < -0.4 is 4.74 Å². The fraction of sp³-hybridized carbons (Fsp3) is 0. The zero-order valence-corrected chi connectivity index (χ0v) is 24.9. The van der Waals surface area contributed by atoms with Crippen LogP contribution in [-0.4, -0.2) is 24.7 Å². The molecule has 0 fully saturated rings. The maximum Gasteiger partial charge on any atom is 2.00 e. The van der Waals surface area contributed by atoms with Crippen LogP contribution in [0.3, 0.4) is 0 Å². The van der Waals surface area contributed by atoms with Crippen LogP contribution in [-0.2, 0) is 21.1 Å². The van der Waals surface area contributed by atoms with Gasteiger partial charge < -0.3 is 14.3 Å². The van der Waals surface area contributed by atoms with E-state index in [1.54, 1.807) is 12.4 Å². The summed E-state index contributed by atoms with van der Waals surface area (Å²) in [5, 5.41) is 11.0. The third-order valence-corrected chi connectivity index (χ3v) is 7.22. The van der Waals surface area contributed by atoms with E-state index in [-0.39, 0.29) is 21.1 Å². The van der Waals surface area contributed by atoms with Crippen LogP contribution in [0.1, 0.15) is 0 Å². The molecule has 43 heavy (non-hydrogen) atoms. The molecule has 0 saturated carbocycles. The molecule has 0 saturated heterocycles. The van der Waals surface area contributed by atoms with Gasteiger partial charge in [0.25, 0.3) is 0 Å². The number of para-hydroxylation sites is 1. The first-order chi connectivity index (χ1) is 20.8. The topological polar surface area (TPSA) is 65.7 Å². The van der Waals surface area contributed by atoms with Gasteiger partial charge in [-0.05, 0) is 57.8 Å². The first kappa shape index (κ1) is 26.7. The molecule has 0 spiro atoms. The van der Waals surface area contributed by atoms with Crippen molar-refractivity contribution in [1.29, 1.82) is 0 Å². The Hall–Kier alpha value is -5.19. The number of benzene rings is 4. The van der Waals surface area contributed by atoms with Crippen molar-refractivity contribution in [2.45, 2.75) is 0 Å². The summed E-state index contributed by atoms with van der Waals surface area (Å²) in [6.07, 6.45) is 3.49. The quantitative estimate of drug-likeness (QED) is 0.167. The van der Waals surface area contributed by atoms with Crippen molar-refractivity contribution in [1.82, 2.24) is 24.7 Å². The number of nitrogens with zero attached hydrogens (tertiary/aromatic N) is 5. The molecule has 0 N–H and O–H groups in total. The normalized spacial score (nSPS) is 11.1. The molecule has 8 aromatic rings. The largest absolute Gasteiger partial charge is 2.00 e. The summed E-state index contributed by atoms with van der Waals surface area (Å²) in [5.74, 6) is 1.78. The maximum atomic E-state index is 6.43. The Morgan fingerprint density at radius 2 is 1.47 bits per heavy atom. The van der Waals surface area contributed by atoms with Crippen molar-refractivity contribution >= 4 is 32.8 Å². The first-order valence-electron chi connectivity index (χ1n) is 13.6. The van der Waals surface area contributed by atoms with E-state index in [1.165, 1.54) is 0 Å². The molecule has 0 aliphatic heterocycles. The Balaban J connectivity index is 0.00000300. The van der Waals surface area contributed by atoms with Gasteiger partial charge in [0, 0.05) is 28.9 Å². The number of hydrogen-bond acceptors (Lipinski definition) is 5. The predicted molar refractivity (Wildman–Crippen MR) is 165 cm³/mol. The standard InChI is InChI=1S/C36H21N5O.Pt/c1-2-10-24(11-3-1)26-18-27(32-21-25-12-4-6-14-31(25)39-40-32)20-28(19-26)42-29-22-34-36(38-23-29)30-13-5-7-15-33(30)41(34)35-16-8-9-17-37-35;/h1-19,21,23H;/q-2;+2. The van der Waals surface area contributed by atoms with E-state index >= 15 is 0 Å². The Kier molecular flexibility index (Phi) is 6.98. The average molecular weight is 735 g/mol. The molecule has 0 aliphatic rings. The Morgan fingerprint density at radius 1 is 0.651 bits per heavy atom. The minimum absolute atomic E-state index is 0. The number of fused-ring (bicyclic) bond motifs is 4. The van der Waals surface area contributed by atoms with Crippen LogP contribution in [0.4, 0.5) is 0 Å². The van der Waals surface area contributed by atoms with E-state index < -0.39 is 0 Å². The van der Waals surface area contributed by atoms with Crippen LogP contribution in [0, 0.1) is 12.1 Å². The summed E-state index contributed by atoms with van der Waals surface area (Å²) >= 11 is 0. The fourth-order valence-corrected chi connectivity index (χ4v) is 5.28. The van der Waals surface area contributed by atoms with Gasteiger partial charge >= 0.3 is 21.1 Å². The van der Waals surface area contributed by atoms with E-state index in [4.69, 9.17) is 9.72 Å². The Bertz CT molecular complexity index is 2230. The van der Waals surface area contributed by atoms with Crippen molar-refractivity contribution in [2.24, 2.45) is 0 Å². The molecule has 8 rings (SSSR count).